The van der Waals surface area contributed by atoms with Gasteiger partial charge in [-0.25, -0.2) is 0 Å². The summed E-state index contributed by atoms with van der Waals surface area (Å²) >= 11 is 0. The molecule has 0 fully saturated rings. The number of ether oxygens (including phenoxy) is 1. The van der Waals surface area contributed by atoms with Crippen LogP contribution in [0.25, 0.3) is 0 Å². The van der Waals surface area contributed by atoms with Crippen molar-refractivity contribution in [3.05, 3.63) is 29.3 Å². The lowest BCUT2D eigenvalue weighted by Gasteiger charge is -2.40. The number of rotatable bonds is 0. The number of aliphatic hydroxyl groups excluding tert-OH is 1. The lowest BCUT2D eigenvalue weighted by atomic mass is 9.86. The van der Waals surface area contributed by atoms with Gasteiger partial charge in [-0.1, -0.05) is 5.92 Å². The minimum Gasteiger partial charge on any atom is -0.485 e. The molecule has 0 radical (unpaired) electrons. The molecule has 1 aliphatic heterocycles. The van der Waals surface area contributed by atoms with Crippen LogP contribution in [0.1, 0.15) is 31.0 Å². The summed E-state index contributed by atoms with van der Waals surface area (Å²) in [6.07, 6.45) is 4.58. The zero-order valence-corrected chi connectivity index (χ0v) is 9.40. The van der Waals surface area contributed by atoms with E-state index in [4.69, 9.17) is 16.9 Å². The largest absolute Gasteiger partial charge is 0.485 e. The third-order valence-electron chi connectivity index (χ3n) is 2.96. The van der Waals surface area contributed by atoms with Crippen LogP contribution >= 0.6 is 0 Å². The van der Waals surface area contributed by atoms with Gasteiger partial charge in [0.15, 0.2) is 0 Å². The maximum atomic E-state index is 10.0. The second-order valence-corrected chi connectivity index (χ2v) is 4.57. The van der Waals surface area contributed by atoms with Crippen LogP contribution in [0.4, 0.5) is 0 Å². The molecule has 3 heteroatoms. The van der Waals surface area contributed by atoms with E-state index in [0.717, 1.165) is 11.1 Å². The summed E-state index contributed by atoms with van der Waals surface area (Å²) in [7, 11) is 0. The Bertz CT molecular complexity index is 459. The molecule has 1 aromatic rings. The van der Waals surface area contributed by atoms with Crippen LogP contribution in [0.15, 0.2) is 18.2 Å². The van der Waals surface area contributed by atoms with E-state index in [1.54, 1.807) is 18.2 Å². The lowest BCUT2D eigenvalue weighted by molar-refractivity contribution is -0.0571. The van der Waals surface area contributed by atoms with Crippen LogP contribution in [-0.2, 0) is 0 Å². The maximum Gasteiger partial charge on any atom is 0.131 e. The van der Waals surface area contributed by atoms with Crippen molar-refractivity contribution in [3.8, 4) is 18.1 Å². The van der Waals surface area contributed by atoms with Crippen molar-refractivity contribution in [3.63, 3.8) is 0 Å². The van der Waals surface area contributed by atoms with Gasteiger partial charge in [0.25, 0.3) is 0 Å². The Hall–Kier alpha value is -1.50. The number of benzene rings is 1. The molecule has 1 aromatic carbocycles. The van der Waals surface area contributed by atoms with Gasteiger partial charge in [0.05, 0.1) is 6.04 Å². The van der Waals surface area contributed by atoms with E-state index in [0.29, 0.717) is 5.75 Å². The molecular weight excluding hydrogens is 202 g/mol. The molecule has 0 bridgehead atoms. The summed E-state index contributed by atoms with van der Waals surface area (Å²) in [4.78, 5) is 0. The molecule has 3 N–H and O–H groups in total. The molecule has 2 rings (SSSR count). The first-order valence-electron chi connectivity index (χ1n) is 5.19. The summed E-state index contributed by atoms with van der Waals surface area (Å²) < 4.78 is 5.70. The third kappa shape index (κ3) is 1.57. The second-order valence-electron chi connectivity index (χ2n) is 4.57. The van der Waals surface area contributed by atoms with Gasteiger partial charge in [-0.3, -0.25) is 0 Å². The first-order valence-corrected chi connectivity index (χ1v) is 5.19. The van der Waals surface area contributed by atoms with Gasteiger partial charge in [-0.2, -0.15) is 0 Å². The van der Waals surface area contributed by atoms with Crippen LogP contribution in [0.2, 0.25) is 0 Å². The van der Waals surface area contributed by atoms with Crippen LogP contribution in [0.3, 0.4) is 0 Å². The lowest BCUT2D eigenvalue weighted by Crippen LogP contribution is -2.51. The average molecular weight is 217 g/mol. The predicted octanol–water partition coefficient (Wildman–Crippen LogP) is 1.20. The predicted molar refractivity (Wildman–Crippen MR) is 62.0 cm³/mol. The Morgan fingerprint density at radius 1 is 1.50 bits per heavy atom. The standard InChI is InChI=1S/C13H15NO2/c1-4-8-5-6-10-9(7-8)11(14)12(15)13(2,3)16-10/h1,5-7,11-12,15H,14H2,2-3H3/t11-,12+/m0/s1. The van der Waals surface area contributed by atoms with Crippen molar-refractivity contribution in [2.45, 2.75) is 31.6 Å². The average Bonchev–Trinajstić information content (AvgIpc) is 2.25. The fraction of sp³-hybridized carbons (Fsp3) is 0.385. The molecule has 0 amide bonds. The second kappa shape index (κ2) is 3.51. The summed E-state index contributed by atoms with van der Waals surface area (Å²) in [6.45, 7) is 3.63. The van der Waals surface area contributed by atoms with Gasteiger partial charge in [0, 0.05) is 11.1 Å². The quantitative estimate of drug-likeness (QED) is 0.642. The molecule has 0 spiro atoms. The summed E-state index contributed by atoms with van der Waals surface area (Å²) in [6, 6.07) is 4.93. The zero-order chi connectivity index (χ0) is 11.9. The van der Waals surface area contributed by atoms with E-state index < -0.39 is 17.7 Å². The van der Waals surface area contributed by atoms with Gasteiger partial charge in [0.1, 0.15) is 17.5 Å². The molecule has 0 saturated heterocycles. The van der Waals surface area contributed by atoms with E-state index in [2.05, 4.69) is 5.92 Å². The molecular formula is C13H15NO2. The molecule has 0 unspecified atom stereocenters. The fourth-order valence-corrected chi connectivity index (χ4v) is 1.94. The monoisotopic (exact) mass is 217 g/mol. The minimum atomic E-state index is -0.743. The number of hydrogen-bond acceptors (Lipinski definition) is 3. The molecule has 0 saturated carbocycles. The highest BCUT2D eigenvalue weighted by Gasteiger charge is 2.41. The van der Waals surface area contributed by atoms with Gasteiger partial charge < -0.3 is 15.6 Å². The molecule has 0 aliphatic carbocycles. The van der Waals surface area contributed by atoms with Gasteiger partial charge >= 0.3 is 0 Å². The fourth-order valence-electron chi connectivity index (χ4n) is 1.94. The van der Waals surface area contributed by atoms with Crippen molar-refractivity contribution in [2.75, 3.05) is 0 Å². The number of hydrogen-bond donors (Lipinski definition) is 2. The summed E-state index contributed by atoms with van der Waals surface area (Å²) in [5.74, 6) is 3.24. The summed E-state index contributed by atoms with van der Waals surface area (Å²) in [5.41, 5.74) is 6.82. The van der Waals surface area contributed by atoms with Gasteiger partial charge in [-0.05, 0) is 32.0 Å². The minimum absolute atomic E-state index is 0.466. The SMILES string of the molecule is C#Cc1ccc2c(c1)[C@H](N)[C@@H](O)C(C)(C)O2. The highest BCUT2D eigenvalue weighted by atomic mass is 16.5. The van der Waals surface area contributed by atoms with Crippen molar-refractivity contribution < 1.29 is 9.84 Å². The third-order valence-corrected chi connectivity index (χ3v) is 2.96. The topological polar surface area (TPSA) is 55.5 Å². The normalized spacial score (nSPS) is 26.4. The van der Waals surface area contributed by atoms with Crippen LogP contribution < -0.4 is 10.5 Å². The zero-order valence-electron chi connectivity index (χ0n) is 9.40. The molecule has 2 atom stereocenters. The van der Waals surface area contributed by atoms with Crippen LogP contribution in [-0.4, -0.2) is 16.8 Å². The molecule has 1 aliphatic rings. The molecule has 0 aromatic heterocycles. The highest BCUT2D eigenvalue weighted by molar-refractivity contribution is 5.47. The first kappa shape index (κ1) is 11.0. The first-order chi connectivity index (χ1) is 7.45. The van der Waals surface area contributed by atoms with Crippen molar-refractivity contribution in [2.24, 2.45) is 5.73 Å². The van der Waals surface area contributed by atoms with E-state index in [-0.39, 0.29) is 0 Å². The molecule has 84 valence electrons. The Balaban J connectivity index is 2.52. The number of nitrogens with two attached hydrogens (primary N) is 1. The van der Waals surface area contributed by atoms with E-state index in [1.807, 2.05) is 13.8 Å². The van der Waals surface area contributed by atoms with E-state index >= 15 is 0 Å². The number of aliphatic hydroxyl groups is 1. The Morgan fingerprint density at radius 2 is 2.19 bits per heavy atom. The van der Waals surface area contributed by atoms with Gasteiger partial charge in [0.2, 0.25) is 0 Å². The van der Waals surface area contributed by atoms with Crippen LogP contribution in [0.5, 0.6) is 5.75 Å². The maximum absolute atomic E-state index is 10.0. The Kier molecular flexibility index (Phi) is 2.42. The van der Waals surface area contributed by atoms with Crippen molar-refractivity contribution in [1.29, 1.82) is 0 Å². The Morgan fingerprint density at radius 3 is 2.81 bits per heavy atom. The number of terminal acetylenes is 1. The molecule has 1 heterocycles. The molecule has 16 heavy (non-hydrogen) atoms. The Labute approximate surface area is 95.2 Å². The molecule has 3 nitrogen and oxygen atoms in total. The number of fused-ring (bicyclic) bond motifs is 1. The van der Waals surface area contributed by atoms with E-state index in [1.165, 1.54) is 0 Å². The van der Waals surface area contributed by atoms with Crippen molar-refractivity contribution >= 4 is 0 Å². The van der Waals surface area contributed by atoms with Crippen LogP contribution in [0, 0.1) is 12.3 Å². The smallest absolute Gasteiger partial charge is 0.131 e. The highest BCUT2D eigenvalue weighted by Crippen LogP contribution is 2.38. The summed E-state index contributed by atoms with van der Waals surface area (Å²) in [5, 5.41) is 10.0. The van der Waals surface area contributed by atoms with E-state index in [9.17, 15) is 5.11 Å². The van der Waals surface area contributed by atoms with Crippen molar-refractivity contribution in [1.82, 2.24) is 0 Å². The van der Waals surface area contributed by atoms with Gasteiger partial charge in [-0.15, -0.1) is 6.42 Å².